The Bertz CT molecular complexity index is 918. The third-order valence-electron chi connectivity index (χ3n) is 5.48. The van der Waals surface area contributed by atoms with Crippen LogP contribution in [-0.2, 0) is 4.79 Å². The molecule has 4 rings (SSSR count). The zero-order valence-electron chi connectivity index (χ0n) is 16.1. The maximum atomic E-state index is 12.5. The molecular weight excluding hydrogens is 352 g/mol. The highest BCUT2D eigenvalue weighted by Gasteiger charge is 2.28. The smallest absolute Gasteiger partial charge is 0.311 e. The number of Topliss-reactive ketones (excluding diaryl/α,β-unsaturated/α-hetero) is 1. The quantitative estimate of drug-likeness (QED) is 0.393. The number of hydrogen-bond donors (Lipinski definition) is 0. The Morgan fingerprint density at radius 1 is 1.14 bits per heavy atom. The summed E-state index contributed by atoms with van der Waals surface area (Å²) in [6, 6.07) is 12.8. The summed E-state index contributed by atoms with van der Waals surface area (Å²) in [5, 5.41) is 0. The van der Waals surface area contributed by atoms with Crippen LogP contribution in [0.2, 0.25) is 0 Å². The second-order valence-corrected chi connectivity index (χ2v) is 7.67. The van der Waals surface area contributed by atoms with Crippen molar-refractivity contribution in [1.29, 1.82) is 0 Å². The van der Waals surface area contributed by atoms with Crippen LogP contribution in [0.15, 0.2) is 48.2 Å². The van der Waals surface area contributed by atoms with Crippen LogP contribution in [-0.4, -0.2) is 11.8 Å². The number of hydrogen-bond acceptors (Lipinski definition) is 4. The predicted octanol–water partition coefficient (Wildman–Crippen LogP) is 5.49. The van der Waals surface area contributed by atoms with E-state index < -0.39 is 0 Å². The molecule has 0 spiro atoms. The van der Waals surface area contributed by atoms with Gasteiger partial charge in [0.2, 0.25) is 5.78 Å². The first kappa shape index (κ1) is 18.5. The van der Waals surface area contributed by atoms with Gasteiger partial charge >= 0.3 is 5.97 Å². The number of ether oxygens (including phenoxy) is 2. The van der Waals surface area contributed by atoms with Crippen LogP contribution >= 0.6 is 0 Å². The lowest BCUT2D eigenvalue weighted by Crippen LogP contribution is -2.09. The second-order valence-electron chi connectivity index (χ2n) is 7.67. The van der Waals surface area contributed by atoms with E-state index in [4.69, 9.17) is 9.47 Å². The highest BCUT2D eigenvalue weighted by molar-refractivity contribution is 6.14. The summed E-state index contributed by atoms with van der Waals surface area (Å²) < 4.78 is 11.2. The highest BCUT2D eigenvalue weighted by atomic mass is 16.5. The van der Waals surface area contributed by atoms with Gasteiger partial charge < -0.3 is 9.47 Å². The van der Waals surface area contributed by atoms with Gasteiger partial charge in [-0.15, -0.1) is 0 Å². The first-order valence-electron chi connectivity index (χ1n) is 9.94. The van der Waals surface area contributed by atoms with E-state index in [2.05, 4.69) is 0 Å². The average molecular weight is 376 g/mol. The fraction of sp³-hybridized carbons (Fsp3) is 0.333. The van der Waals surface area contributed by atoms with Crippen molar-refractivity contribution in [3.05, 3.63) is 64.9 Å². The maximum Gasteiger partial charge on any atom is 0.311 e. The molecule has 4 heteroatoms. The molecule has 4 nitrogen and oxygen atoms in total. The van der Waals surface area contributed by atoms with E-state index in [-0.39, 0.29) is 17.5 Å². The van der Waals surface area contributed by atoms with Crippen LogP contribution in [0.1, 0.15) is 60.0 Å². The van der Waals surface area contributed by atoms with Crippen molar-refractivity contribution >= 4 is 17.8 Å². The Hall–Kier alpha value is -2.88. The monoisotopic (exact) mass is 376 g/mol. The van der Waals surface area contributed by atoms with Crippen LogP contribution < -0.4 is 9.47 Å². The lowest BCUT2D eigenvalue weighted by atomic mass is 10.0. The Kier molecular flexibility index (Phi) is 5.29. The molecule has 0 amide bonds. The molecule has 1 aliphatic carbocycles. The van der Waals surface area contributed by atoms with Crippen LogP contribution in [0.5, 0.6) is 11.5 Å². The molecule has 0 saturated heterocycles. The number of carbonyl (C=O) groups is 2. The minimum absolute atomic E-state index is 0.158. The van der Waals surface area contributed by atoms with Gasteiger partial charge in [-0.1, -0.05) is 55.5 Å². The zero-order valence-corrected chi connectivity index (χ0v) is 16.1. The number of carbonyl (C=O) groups excluding carboxylic acids is 2. The second kappa shape index (κ2) is 8.01. The fourth-order valence-corrected chi connectivity index (χ4v) is 3.85. The minimum Gasteiger partial charge on any atom is -0.452 e. The summed E-state index contributed by atoms with van der Waals surface area (Å²) in [7, 11) is 0. The topological polar surface area (TPSA) is 52.6 Å². The Balaban J connectivity index is 1.41. The maximum absolute atomic E-state index is 12.5. The van der Waals surface area contributed by atoms with Crippen molar-refractivity contribution in [1.82, 2.24) is 0 Å². The molecule has 1 aliphatic heterocycles. The third kappa shape index (κ3) is 4.16. The molecule has 1 heterocycles. The first-order valence-corrected chi connectivity index (χ1v) is 9.94. The zero-order chi connectivity index (χ0) is 19.5. The molecule has 0 N–H and O–H groups in total. The van der Waals surface area contributed by atoms with Crippen LogP contribution in [0.3, 0.4) is 0 Å². The summed E-state index contributed by atoms with van der Waals surface area (Å²) >= 11 is 0. The fourth-order valence-electron chi connectivity index (χ4n) is 3.85. The summed E-state index contributed by atoms with van der Waals surface area (Å²) in [5.74, 6) is 1.40. The molecule has 2 aromatic carbocycles. The van der Waals surface area contributed by atoms with E-state index >= 15 is 0 Å². The molecule has 1 saturated carbocycles. The normalized spacial score (nSPS) is 17.6. The van der Waals surface area contributed by atoms with Gasteiger partial charge in [0.25, 0.3) is 0 Å². The van der Waals surface area contributed by atoms with Crippen molar-refractivity contribution in [3.63, 3.8) is 0 Å². The summed E-state index contributed by atoms with van der Waals surface area (Å²) in [6.07, 6.45) is 8.04. The number of esters is 1. The van der Waals surface area contributed by atoms with Gasteiger partial charge in [0.15, 0.2) is 5.76 Å². The summed E-state index contributed by atoms with van der Waals surface area (Å²) in [6.45, 7) is 2.01. The molecule has 0 unspecified atom stereocenters. The Morgan fingerprint density at radius 3 is 2.64 bits per heavy atom. The lowest BCUT2D eigenvalue weighted by molar-refractivity contribution is -0.134. The lowest BCUT2D eigenvalue weighted by Gasteiger charge is -2.09. The van der Waals surface area contributed by atoms with Gasteiger partial charge in [-0.3, -0.25) is 9.59 Å². The van der Waals surface area contributed by atoms with Crippen molar-refractivity contribution in [2.75, 3.05) is 0 Å². The van der Waals surface area contributed by atoms with Crippen molar-refractivity contribution < 1.29 is 19.1 Å². The van der Waals surface area contributed by atoms with E-state index in [0.717, 1.165) is 17.5 Å². The van der Waals surface area contributed by atoms with Gasteiger partial charge in [0, 0.05) is 12.5 Å². The van der Waals surface area contributed by atoms with E-state index in [1.54, 1.807) is 24.3 Å². The Morgan fingerprint density at radius 2 is 1.89 bits per heavy atom. The number of ketones is 1. The number of fused-ring (bicyclic) bond motifs is 1. The minimum atomic E-state index is -0.230. The average Bonchev–Trinajstić information content (AvgIpc) is 3.30. The van der Waals surface area contributed by atoms with Crippen LogP contribution in [0, 0.1) is 12.8 Å². The van der Waals surface area contributed by atoms with Gasteiger partial charge in [-0.25, -0.2) is 0 Å². The standard InChI is InChI=1S/C24H24O4/c1-16-6-8-18(9-7-16)14-22-24(26)20-12-11-19(15-21(20)28-22)27-23(25)13-10-17-4-2-3-5-17/h6-9,11-12,14-15,17H,2-5,10,13H2,1H3. The molecule has 0 bridgehead atoms. The van der Waals surface area contributed by atoms with Gasteiger partial charge in [-0.05, 0) is 43.0 Å². The molecule has 0 aromatic heterocycles. The third-order valence-corrected chi connectivity index (χ3v) is 5.48. The molecule has 0 radical (unpaired) electrons. The molecule has 2 aliphatic rings. The van der Waals surface area contributed by atoms with Gasteiger partial charge in [-0.2, -0.15) is 0 Å². The molecule has 2 aromatic rings. The molecule has 144 valence electrons. The van der Waals surface area contributed by atoms with Gasteiger partial charge in [0.1, 0.15) is 11.5 Å². The number of rotatable bonds is 5. The predicted molar refractivity (Wildman–Crippen MR) is 107 cm³/mol. The Labute approximate surface area is 165 Å². The van der Waals surface area contributed by atoms with Crippen molar-refractivity contribution in [2.24, 2.45) is 5.92 Å². The number of benzene rings is 2. The van der Waals surface area contributed by atoms with E-state index in [1.165, 1.54) is 25.7 Å². The highest BCUT2D eigenvalue weighted by Crippen LogP contribution is 2.35. The molecular formula is C24H24O4. The molecule has 28 heavy (non-hydrogen) atoms. The largest absolute Gasteiger partial charge is 0.452 e. The van der Waals surface area contributed by atoms with E-state index in [1.807, 2.05) is 31.2 Å². The van der Waals surface area contributed by atoms with Crippen LogP contribution in [0.25, 0.3) is 6.08 Å². The van der Waals surface area contributed by atoms with Crippen molar-refractivity contribution in [3.8, 4) is 11.5 Å². The SMILES string of the molecule is Cc1ccc(C=C2Oc3cc(OC(=O)CCC4CCCC4)ccc3C2=O)cc1. The van der Waals surface area contributed by atoms with E-state index in [9.17, 15) is 9.59 Å². The summed E-state index contributed by atoms with van der Waals surface area (Å²) in [4.78, 5) is 24.7. The van der Waals surface area contributed by atoms with Crippen molar-refractivity contribution in [2.45, 2.75) is 45.4 Å². The first-order chi connectivity index (χ1) is 13.6. The van der Waals surface area contributed by atoms with Gasteiger partial charge in [0.05, 0.1) is 5.56 Å². The summed E-state index contributed by atoms with van der Waals surface area (Å²) in [5.41, 5.74) is 2.55. The molecule has 1 fully saturated rings. The number of aryl methyl sites for hydroxylation is 1. The number of allylic oxidation sites excluding steroid dienone is 1. The van der Waals surface area contributed by atoms with Crippen LogP contribution in [0.4, 0.5) is 0 Å². The molecule has 0 atom stereocenters. The van der Waals surface area contributed by atoms with E-state index in [0.29, 0.717) is 29.4 Å².